The molecule has 0 unspecified atom stereocenters. The van der Waals surface area contributed by atoms with E-state index >= 15 is 0 Å². The van der Waals surface area contributed by atoms with Crippen LogP contribution >= 0.6 is 0 Å². The summed E-state index contributed by atoms with van der Waals surface area (Å²) in [6, 6.07) is 9.27. The fraction of sp³-hybridized carbons (Fsp3) is 0.381. The molecular weight excluding hydrogens is 360 g/mol. The van der Waals surface area contributed by atoms with Crippen LogP contribution in [-0.2, 0) is 21.4 Å². The minimum Gasteiger partial charge on any atom is -0.326 e. The van der Waals surface area contributed by atoms with Gasteiger partial charge in [0.15, 0.2) is 0 Å². The van der Waals surface area contributed by atoms with E-state index in [1.807, 2.05) is 45.9 Å². The minimum absolute atomic E-state index is 0.0595. The van der Waals surface area contributed by atoms with Crippen LogP contribution in [0.2, 0.25) is 0 Å². The van der Waals surface area contributed by atoms with E-state index in [0.717, 1.165) is 46.3 Å². The summed E-state index contributed by atoms with van der Waals surface area (Å²) in [5.74, 6) is 0.213. The lowest BCUT2D eigenvalue weighted by Crippen LogP contribution is -2.25. The van der Waals surface area contributed by atoms with Gasteiger partial charge in [-0.3, -0.25) is 4.79 Å². The molecule has 3 rings (SSSR count). The van der Waals surface area contributed by atoms with Crippen LogP contribution in [0.25, 0.3) is 0 Å². The number of hydrogen-bond donors (Lipinski definition) is 2. The van der Waals surface area contributed by atoms with E-state index in [4.69, 9.17) is 0 Å². The Hall–Kier alpha value is -2.18. The molecule has 0 radical (unpaired) electrons. The highest BCUT2D eigenvalue weighted by Crippen LogP contribution is 2.30. The van der Waals surface area contributed by atoms with E-state index in [9.17, 15) is 13.2 Å². The van der Waals surface area contributed by atoms with E-state index in [0.29, 0.717) is 4.90 Å². The minimum atomic E-state index is -3.62. The predicted octanol–water partition coefficient (Wildman–Crippen LogP) is 3.75. The van der Waals surface area contributed by atoms with Gasteiger partial charge in [-0.1, -0.05) is 18.2 Å². The van der Waals surface area contributed by atoms with Crippen molar-refractivity contribution in [3.8, 4) is 0 Å². The Morgan fingerprint density at radius 3 is 2.07 bits per heavy atom. The quantitative estimate of drug-likeness (QED) is 0.794. The molecule has 27 heavy (non-hydrogen) atoms. The molecule has 0 atom stereocenters. The highest BCUT2D eigenvalue weighted by molar-refractivity contribution is 7.89. The summed E-state index contributed by atoms with van der Waals surface area (Å²) in [5, 5.41) is 2.88. The molecular formula is C21H26N2O3S. The van der Waals surface area contributed by atoms with Crippen molar-refractivity contribution in [2.45, 2.75) is 52.0 Å². The van der Waals surface area contributed by atoms with E-state index in [-0.39, 0.29) is 18.4 Å². The highest BCUT2D eigenvalue weighted by atomic mass is 32.2. The molecule has 6 heteroatoms. The number of nitrogens with one attached hydrogen (secondary N) is 2. The number of aryl methyl sites for hydroxylation is 2. The zero-order valence-corrected chi connectivity index (χ0v) is 17.0. The Kier molecular flexibility index (Phi) is 5.40. The van der Waals surface area contributed by atoms with Crippen LogP contribution in [-0.4, -0.2) is 14.3 Å². The second-order valence-electron chi connectivity index (χ2n) is 7.37. The number of amides is 1. The Bertz CT molecular complexity index is 949. The summed E-state index contributed by atoms with van der Waals surface area (Å²) in [5.41, 5.74) is 5.07. The summed E-state index contributed by atoms with van der Waals surface area (Å²) in [6.45, 7) is 7.73. The van der Waals surface area contributed by atoms with Crippen LogP contribution in [0.3, 0.4) is 0 Å². The van der Waals surface area contributed by atoms with Crippen LogP contribution in [0.15, 0.2) is 35.2 Å². The lowest BCUT2D eigenvalue weighted by Gasteiger charge is -2.16. The smallest absolute Gasteiger partial charge is 0.241 e. The summed E-state index contributed by atoms with van der Waals surface area (Å²) < 4.78 is 28.5. The van der Waals surface area contributed by atoms with Crippen molar-refractivity contribution >= 4 is 21.6 Å². The fourth-order valence-corrected chi connectivity index (χ4v) is 4.76. The zero-order chi connectivity index (χ0) is 19.8. The van der Waals surface area contributed by atoms with Crippen molar-refractivity contribution in [1.82, 2.24) is 4.72 Å². The number of anilines is 1. The summed E-state index contributed by atoms with van der Waals surface area (Å²) in [4.78, 5) is 12.2. The molecule has 1 fully saturated rings. The van der Waals surface area contributed by atoms with Gasteiger partial charge in [0.1, 0.15) is 0 Å². The normalized spacial score (nSPS) is 14.2. The number of rotatable bonds is 6. The standard InChI is InChI=1S/C21H26N2O3S/c1-13-11-14(2)16(4)20(15(13)3)27(25,26)22-12-17-5-9-19(10-6-17)23-21(24)18-7-8-18/h5-6,9-11,18,22H,7-8,12H2,1-4H3,(H,23,24). The fourth-order valence-electron chi connectivity index (χ4n) is 3.13. The van der Waals surface area contributed by atoms with Crippen LogP contribution in [0.5, 0.6) is 0 Å². The van der Waals surface area contributed by atoms with Crippen molar-refractivity contribution < 1.29 is 13.2 Å². The largest absolute Gasteiger partial charge is 0.326 e. The van der Waals surface area contributed by atoms with E-state index in [1.54, 1.807) is 12.1 Å². The molecule has 2 aromatic carbocycles. The van der Waals surface area contributed by atoms with Gasteiger partial charge in [-0.05, 0) is 80.5 Å². The second-order valence-corrected chi connectivity index (χ2v) is 9.08. The van der Waals surface area contributed by atoms with Gasteiger partial charge in [-0.25, -0.2) is 13.1 Å². The van der Waals surface area contributed by atoms with Gasteiger partial charge in [0.25, 0.3) is 0 Å². The first kappa shape index (κ1) is 19.6. The van der Waals surface area contributed by atoms with Gasteiger partial charge in [0, 0.05) is 18.2 Å². The van der Waals surface area contributed by atoms with E-state index in [2.05, 4.69) is 10.0 Å². The molecule has 0 bridgehead atoms. The molecule has 0 aliphatic heterocycles. The van der Waals surface area contributed by atoms with Crippen LogP contribution in [0, 0.1) is 33.6 Å². The average Bonchev–Trinajstić information content (AvgIpc) is 3.45. The van der Waals surface area contributed by atoms with Gasteiger partial charge in [-0.15, -0.1) is 0 Å². The Balaban J connectivity index is 1.71. The number of hydrogen-bond acceptors (Lipinski definition) is 3. The maximum absolute atomic E-state index is 12.9. The number of carbonyl (C=O) groups is 1. The summed E-state index contributed by atoms with van der Waals surface area (Å²) in [7, 11) is -3.62. The molecule has 1 aliphatic rings. The summed E-state index contributed by atoms with van der Waals surface area (Å²) in [6.07, 6.45) is 1.92. The van der Waals surface area contributed by atoms with Gasteiger partial charge < -0.3 is 5.32 Å². The van der Waals surface area contributed by atoms with Crippen molar-refractivity contribution in [3.05, 3.63) is 58.1 Å². The molecule has 0 heterocycles. The molecule has 0 aromatic heterocycles. The maximum Gasteiger partial charge on any atom is 0.241 e. The Labute approximate surface area is 161 Å². The van der Waals surface area contributed by atoms with Crippen LogP contribution in [0.4, 0.5) is 5.69 Å². The van der Waals surface area contributed by atoms with Gasteiger partial charge in [0.2, 0.25) is 15.9 Å². The van der Waals surface area contributed by atoms with Crippen molar-refractivity contribution in [1.29, 1.82) is 0 Å². The molecule has 5 nitrogen and oxygen atoms in total. The number of benzene rings is 2. The first-order chi connectivity index (χ1) is 12.7. The van der Waals surface area contributed by atoms with Crippen molar-refractivity contribution in [2.24, 2.45) is 5.92 Å². The number of carbonyl (C=O) groups excluding carboxylic acids is 1. The first-order valence-electron chi connectivity index (χ1n) is 9.16. The van der Waals surface area contributed by atoms with Gasteiger partial charge >= 0.3 is 0 Å². The second kappa shape index (κ2) is 7.44. The lowest BCUT2D eigenvalue weighted by atomic mass is 10.0. The molecule has 1 amide bonds. The average molecular weight is 387 g/mol. The maximum atomic E-state index is 12.9. The predicted molar refractivity (Wildman–Crippen MR) is 107 cm³/mol. The Morgan fingerprint density at radius 1 is 1.00 bits per heavy atom. The molecule has 1 saturated carbocycles. The van der Waals surface area contributed by atoms with Crippen molar-refractivity contribution in [2.75, 3.05) is 5.32 Å². The molecule has 0 saturated heterocycles. The Morgan fingerprint density at radius 2 is 1.56 bits per heavy atom. The van der Waals surface area contributed by atoms with Gasteiger partial charge in [-0.2, -0.15) is 0 Å². The third-order valence-corrected chi connectivity index (χ3v) is 6.88. The lowest BCUT2D eigenvalue weighted by molar-refractivity contribution is -0.117. The molecule has 1 aliphatic carbocycles. The third kappa shape index (κ3) is 4.39. The highest BCUT2D eigenvalue weighted by Gasteiger charge is 2.29. The number of sulfonamides is 1. The van der Waals surface area contributed by atoms with Crippen LogP contribution < -0.4 is 10.0 Å². The first-order valence-corrected chi connectivity index (χ1v) is 10.6. The van der Waals surface area contributed by atoms with Crippen molar-refractivity contribution in [3.63, 3.8) is 0 Å². The van der Waals surface area contributed by atoms with E-state index < -0.39 is 10.0 Å². The topological polar surface area (TPSA) is 75.3 Å². The third-order valence-electron chi connectivity index (χ3n) is 5.20. The molecule has 0 spiro atoms. The molecule has 144 valence electrons. The molecule has 2 aromatic rings. The van der Waals surface area contributed by atoms with E-state index in [1.165, 1.54) is 0 Å². The summed E-state index contributed by atoms with van der Waals surface area (Å²) >= 11 is 0. The van der Waals surface area contributed by atoms with Crippen LogP contribution in [0.1, 0.15) is 40.7 Å². The zero-order valence-electron chi connectivity index (χ0n) is 16.2. The molecule has 2 N–H and O–H groups in total. The van der Waals surface area contributed by atoms with Gasteiger partial charge in [0.05, 0.1) is 4.90 Å². The monoisotopic (exact) mass is 386 g/mol. The SMILES string of the molecule is Cc1cc(C)c(C)c(S(=O)(=O)NCc2ccc(NC(=O)C3CC3)cc2)c1C.